The van der Waals surface area contributed by atoms with Crippen LogP contribution in [0.25, 0.3) is 11.0 Å². The summed E-state index contributed by atoms with van der Waals surface area (Å²) in [4.78, 5) is 40.1. The first-order chi connectivity index (χ1) is 14.8. The number of carbonyl (C=O) groups is 3. The highest BCUT2D eigenvalue weighted by Crippen LogP contribution is 2.29. The molecule has 0 unspecified atom stereocenters. The van der Waals surface area contributed by atoms with Gasteiger partial charge in [-0.05, 0) is 58.4 Å². The van der Waals surface area contributed by atoms with Crippen LogP contribution in [0.5, 0.6) is 5.75 Å². The molecule has 3 rings (SSSR count). The Morgan fingerprint density at radius 2 is 1.71 bits per heavy atom. The number of H-pyrrole nitrogens is 1. The number of nitrogens with one attached hydrogen (secondary N) is 1. The Balaban J connectivity index is 1.75. The van der Waals surface area contributed by atoms with Crippen molar-refractivity contribution in [3.63, 3.8) is 0 Å². The molecule has 31 heavy (non-hydrogen) atoms. The van der Waals surface area contributed by atoms with E-state index in [4.69, 9.17) is 18.6 Å². The van der Waals surface area contributed by atoms with Crippen LogP contribution in [0.1, 0.15) is 62.1 Å². The van der Waals surface area contributed by atoms with Crippen LogP contribution in [0.15, 0.2) is 22.6 Å². The zero-order chi connectivity index (χ0) is 22.7. The van der Waals surface area contributed by atoms with E-state index < -0.39 is 24.3 Å². The molecule has 0 saturated heterocycles. The average Bonchev–Trinajstić information content (AvgIpc) is 3.22. The highest BCUT2D eigenvalue weighted by Gasteiger charge is 2.25. The minimum absolute atomic E-state index is 0.0306. The Bertz CT molecular complexity index is 1150. The summed E-state index contributed by atoms with van der Waals surface area (Å²) >= 11 is 0. The summed E-state index contributed by atoms with van der Waals surface area (Å²) in [7, 11) is 0. The van der Waals surface area contributed by atoms with Crippen molar-refractivity contribution < 1.29 is 33.0 Å². The zero-order valence-corrected chi connectivity index (χ0v) is 18.2. The van der Waals surface area contributed by atoms with Crippen molar-refractivity contribution in [3.8, 4) is 5.75 Å². The molecular formula is C23H25NO7. The van der Waals surface area contributed by atoms with Gasteiger partial charge in [0.2, 0.25) is 11.5 Å². The summed E-state index contributed by atoms with van der Waals surface area (Å²) in [5.74, 6) is -1.01. The lowest BCUT2D eigenvalue weighted by atomic mass is 10.1. The highest BCUT2D eigenvalue weighted by atomic mass is 16.5. The van der Waals surface area contributed by atoms with Crippen molar-refractivity contribution in [3.05, 3.63) is 52.0 Å². The summed E-state index contributed by atoms with van der Waals surface area (Å²) in [5, 5.41) is 0.735. The van der Waals surface area contributed by atoms with Gasteiger partial charge in [-0.1, -0.05) is 0 Å². The molecule has 0 radical (unpaired) electrons. The molecule has 1 aromatic carbocycles. The van der Waals surface area contributed by atoms with E-state index in [0.717, 1.165) is 5.39 Å². The second kappa shape index (κ2) is 9.07. The number of Topliss-reactive ketones (excluding diaryl/α,β-unsaturated/α-hetero) is 1. The first kappa shape index (κ1) is 22.1. The quantitative estimate of drug-likeness (QED) is 0.422. The molecular weight excluding hydrogens is 402 g/mol. The van der Waals surface area contributed by atoms with Gasteiger partial charge in [0.05, 0.1) is 24.5 Å². The van der Waals surface area contributed by atoms with Gasteiger partial charge in [0.25, 0.3) is 0 Å². The van der Waals surface area contributed by atoms with Crippen LogP contribution in [0.3, 0.4) is 0 Å². The topological polar surface area (TPSA) is 108 Å². The summed E-state index contributed by atoms with van der Waals surface area (Å²) in [5.41, 5.74) is 2.62. The van der Waals surface area contributed by atoms with Gasteiger partial charge in [-0.3, -0.25) is 4.79 Å². The predicted molar refractivity (Wildman–Crippen MR) is 113 cm³/mol. The Hall–Kier alpha value is -3.55. The molecule has 0 aliphatic rings. The number of aryl methyl sites for hydroxylation is 2. The van der Waals surface area contributed by atoms with Gasteiger partial charge < -0.3 is 23.6 Å². The van der Waals surface area contributed by atoms with Gasteiger partial charge in [-0.15, -0.1) is 0 Å². The number of ether oxygens (including phenoxy) is 3. The largest absolute Gasteiger partial charge is 0.494 e. The molecule has 0 spiro atoms. The minimum Gasteiger partial charge on any atom is -0.494 e. The molecule has 2 aromatic heterocycles. The van der Waals surface area contributed by atoms with Crippen molar-refractivity contribution in [2.45, 2.75) is 34.6 Å². The van der Waals surface area contributed by atoms with Crippen LogP contribution in [0.2, 0.25) is 0 Å². The molecule has 0 bridgehead atoms. The zero-order valence-electron chi connectivity index (χ0n) is 18.2. The lowest BCUT2D eigenvalue weighted by Crippen LogP contribution is -2.16. The van der Waals surface area contributed by atoms with Crippen LogP contribution in [0, 0.1) is 20.8 Å². The van der Waals surface area contributed by atoms with Gasteiger partial charge in [0.1, 0.15) is 11.3 Å². The maximum Gasteiger partial charge on any atom is 0.375 e. The van der Waals surface area contributed by atoms with Gasteiger partial charge in [0, 0.05) is 16.6 Å². The molecule has 3 aromatic rings. The highest BCUT2D eigenvalue weighted by molar-refractivity contribution is 6.03. The van der Waals surface area contributed by atoms with E-state index in [2.05, 4.69) is 4.98 Å². The average molecular weight is 427 g/mol. The number of hydrogen-bond acceptors (Lipinski definition) is 7. The Kier molecular flexibility index (Phi) is 6.48. The lowest BCUT2D eigenvalue weighted by Gasteiger charge is -2.04. The summed E-state index contributed by atoms with van der Waals surface area (Å²) in [6, 6.07) is 5.27. The van der Waals surface area contributed by atoms with E-state index in [1.54, 1.807) is 45.9 Å². The number of carbonyl (C=O) groups excluding carboxylic acids is 3. The summed E-state index contributed by atoms with van der Waals surface area (Å²) < 4.78 is 21.3. The molecule has 0 fully saturated rings. The SMILES string of the molecule is CCOC(=O)c1c(C)[nH]c(C(=O)COC(=O)c2oc3ccc(OCC)cc3c2C)c1C. The van der Waals surface area contributed by atoms with Crippen LogP contribution in [0.4, 0.5) is 0 Å². The molecule has 0 aliphatic heterocycles. The number of fused-ring (bicyclic) bond motifs is 1. The fourth-order valence-corrected chi connectivity index (χ4v) is 3.46. The number of furan rings is 1. The molecule has 8 heteroatoms. The fourth-order valence-electron chi connectivity index (χ4n) is 3.46. The Morgan fingerprint density at radius 1 is 0.968 bits per heavy atom. The van der Waals surface area contributed by atoms with Gasteiger partial charge in [0.15, 0.2) is 6.61 Å². The number of hydrogen-bond donors (Lipinski definition) is 1. The third-order valence-corrected chi connectivity index (χ3v) is 4.93. The number of aromatic amines is 1. The second-order valence-corrected chi connectivity index (χ2v) is 6.99. The van der Waals surface area contributed by atoms with E-state index in [1.807, 2.05) is 6.92 Å². The van der Waals surface area contributed by atoms with Crippen molar-refractivity contribution >= 4 is 28.7 Å². The summed E-state index contributed by atoms with van der Waals surface area (Å²) in [6.07, 6.45) is 0. The number of aromatic nitrogens is 1. The molecule has 8 nitrogen and oxygen atoms in total. The molecule has 0 aliphatic carbocycles. The van der Waals surface area contributed by atoms with E-state index in [-0.39, 0.29) is 18.1 Å². The molecule has 0 amide bonds. The summed E-state index contributed by atoms with van der Waals surface area (Å²) in [6.45, 7) is 8.91. The molecule has 1 N–H and O–H groups in total. The first-order valence-electron chi connectivity index (χ1n) is 10.0. The van der Waals surface area contributed by atoms with Crippen molar-refractivity contribution in [2.75, 3.05) is 19.8 Å². The lowest BCUT2D eigenvalue weighted by molar-refractivity contribution is 0.0443. The van der Waals surface area contributed by atoms with Crippen LogP contribution in [-0.2, 0) is 9.47 Å². The van der Waals surface area contributed by atoms with Crippen molar-refractivity contribution in [1.29, 1.82) is 0 Å². The Labute approximate surface area is 179 Å². The normalized spacial score (nSPS) is 10.9. The van der Waals surface area contributed by atoms with Crippen LogP contribution >= 0.6 is 0 Å². The van der Waals surface area contributed by atoms with E-state index in [1.165, 1.54) is 0 Å². The smallest absolute Gasteiger partial charge is 0.375 e. The van der Waals surface area contributed by atoms with Crippen LogP contribution < -0.4 is 4.74 Å². The van der Waals surface area contributed by atoms with E-state index >= 15 is 0 Å². The maximum absolute atomic E-state index is 12.6. The molecule has 0 atom stereocenters. The van der Waals surface area contributed by atoms with E-state index in [9.17, 15) is 14.4 Å². The third-order valence-electron chi connectivity index (χ3n) is 4.93. The number of rotatable bonds is 8. The number of benzene rings is 1. The number of ketones is 1. The molecule has 0 saturated carbocycles. The minimum atomic E-state index is -0.744. The maximum atomic E-state index is 12.6. The monoisotopic (exact) mass is 427 g/mol. The van der Waals surface area contributed by atoms with Crippen molar-refractivity contribution in [2.24, 2.45) is 0 Å². The fraction of sp³-hybridized carbons (Fsp3) is 0.348. The molecule has 164 valence electrons. The van der Waals surface area contributed by atoms with Crippen molar-refractivity contribution in [1.82, 2.24) is 4.98 Å². The van der Waals surface area contributed by atoms with Gasteiger partial charge >= 0.3 is 11.9 Å². The first-order valence-corrected chi connectivity index (χ1v) is 10.0. The Morgan fingerprint density at radius 3 is 2.39 bits per heavy atom. The van der Waals surface area contributed by atoms with Crippen LogP contribution in [-0.4, -0.2) is 42.5 Å². The third kappa shape index (κ3) is 4.33. The second-order valence-electron chi connectivity index (χ2n) is 6.99. The predicted octanol–water partition coefficient (Wildman–Crippen LogP) is 4.30. The van der Waals surface area contributed by atoms with Gasteiger partial charge in [-0.2, -0.15) is 0 Å². The van der Waals surface area contributed by atoms with E-state index in [0.29, 0.717) is 40.3 Å². The standard InChI is InChI=1S/C23H25NO7/c1-6-28-15-8-9-18-16(10-15)12(3)21(31-18)23(27)30-11-17(25)20-13(4)19(14(5)24-20)22(26)29-7-2/h8-10,24H,6-7,11H2,1-5H3. The molecule has 2 heterocycles. The van der Waals surface area contributed by atoms with Gasteiger partial charge in [-0.25, -0.2) is 9.59 Å². The number of esters is 2.